The minimum atomic E-state index is 0.505. The van der Waals surface area contributed by atoms with Crippen LogP contribution in [0.3, 0.4) is 0 Å². The van der Waals surface area contributed by atoms with E-state index >= 15 is 0 Å². The fraction of sp³-hybridized carbons (Fsp3) is 0.304. The van der Waals surface area contributed by atoms with E-state index in [2.05, 4.69) is 51.9 Å². The standard InChI is InChI=1S/C23H27N5/c1-28(2)20-14-12-19(13-15-20)25-23-26-21(17-8-4-3-5-9-17)16-22(27-23)24-18-10-6-7-11-18/h3-5,8-9,12-16,18H,6-7,10-11H2,1-2H3,(H2,24,25,26,27). The topological polar surface area (TPSA) is 53.1 Å². The molecule has 1 heterocycles. The predicted molar refractivity (Wildman–Crippen MR) is 117 cm³/mol. The highest BCUT2D eigenvalue weighted by molar-refractivity contribution is 5.67. The predicted octanol–water partition coefficient (Wildman–Crippen LogP) is 5.31. The molecule has 1 fully saturated rings. The molecule has 4 rings (SSSR count). The lowest BCUT2D eigenvalue weighted by molar-refractivity contribution is 0.750. The SMILES string of the molecule is CN(C)c1ccc(Nc2nc(NC3CCCC3)cc(-c3ccccc3)n2)cc1. The lowest BCUT2D eigenvalue weighted by Crippen LogP contribution is -2.16. The first-order valence-corrected chi connectivity index (χ1v) is 9.93. The van der Waals surface area contributed by atoms with Crippen molar-refractivity contribution in [3.8, 4) is 11.3 Å². The molecule has 0 bridgehead atoms. The van der Waals surface area contributed by atoms with Crippen LogP contribution in [0.1, 0.15) is 25.7 Å². The molecule has 0 atom stereocenters. The van der Waals surface area contributed by atoms with E-state index in [0.717, 1.165) is 28.5 Å². The molecule has 0 radical (unpaired) electrons. The maximum absolute atomic E-state index is 4.76. The molecular formula is C23H27N5. The minimum Gasteiger partial charge on any atom is -0.378 e. The number of hydrogen-bond donors (Lipinski definition) is 2. The van der Waals surface area contributed by atoms with E-state index in [1.807, 2.05) is 38.4 Å². The van der Waals surface area contributed by atoms with Crippen LogP contribution in [0, 0.1) is 0 Å². The van der Waals surface area contributed by atoms with Gasteiger partial charge in [0, 0.05) is 43.1 Å². The third kappa shape index (κ3) is 4.42. The Balaban J connectivity index is 1.62. The van der Waals surface area contributed by atoms with Gasteiger partial charge in [0.25, 0.3) is 0 Å². The second-order valence-electron chi connectivity index (χ2n) is 7.52. The van der Waals surface area contributed by atoms with Crippen molar-refractivity contribution in [3.63, 3.8) is 0 Å². The Morgan fingerprint density at radius 1 is 0.893 bits per heavy atom. The van der Waals surface area contributed by atoms with E-state index in [1.165, 1.54) is 25.7 Å². The summed E-state index contributed by atoms with van der Waals surface area (Å²) in [5.74, 6) is 1.49. The highest BCUT2D eigenvalue weighted by atomic mass is 15.2. The van der Waals surface area contributed by atoms with Crippen molar-refractivity contribution in [1.29, 1.82) is 0 Å². The van der Waals surface area contributed by atoms with Gasteiger partial charge in [-0.05, 0) is 37.1 Å². The van der Waals surface area contributed by atoms with Gasteiger partial charge in [0.1, 0.15) is 5.82 Å². The van der Waals surface area contributed by atoms with Gasteiger partial charge in [0.05, 0.1) is 5.69 Å². The number of nitrogens with zero attached hydrogens (tertiary/aromatic N) is 3. The summed E-state index contributed by atoms with van der Waals surface area (Å²) >= 11 is 0. The molecule has 0 spiro atoms. The lowest BCUT2D eigenvalue weighted by Gasteiger charge is -2.16. The van der Waals surface area contributed by atoms with Crippen molar-refractivity contribution in [2.24, 2.45) is 0 Å². The zero-order valence-corrected chi connectivity index (χ0v) is 16.5. The number of benzene rings is 2. The highest BCUT2D eigenvalue weighted by Gasteiger charge is 2.16. The fourth-order valence-electron chi connectivity index (χ4n) is 3.59. The number of anilines is 4. The summed E-state index contributed by atoms with van der Waals surface area (Å²) in [5.41, 5.74) is 4.14. The van der Waals surface area contributed by atoms with Crippen molar-refractivity contribution >= 4 is 23.1 Å². The molecule has 0 amide bonds. The summed E-state index contributed by atoms with van der Waals surface area (Å²) < 4.78 is 0. The van der Waals surface area contributed by atoms with E-state index in [1.54, 1.807) is 0 Å². The van der Waals surface area contributed by atoms with Crippen LogP contribution in [0.4, 0.5) is 23.1 Å². The first-order chi connectivity index (χ1) is 13.7. The van der Waals surface area contributed by atoms with Gasteiger partial charge < -0.3 is 15.5 Å². The van der Waals surface area contributed by atoms with Gasteiger partial charge in [0.2, 0.25) is 5.95 Å². The molecule has 3 aromatic rings. The molecule has 1 saturated carbocycles. The maximum atomic E-state index is 4.76. The van der Waals surface area contributed by atoms with Crippen LogP contribution in [0.5, 0.6) is 0 Å². The van der Waals surface area contributed by atoms with Crippen molar-refractivity contribution in [2.75, 3.05) is 29.6 Å². The summed E-state index contributed by atoms with van der Waals surface area (Å²) in [7, 11) is 4.08. The van der Waals surface area contributed by atoms with Gasteiger partial charge in [-0.15, -0.1) is 0 Å². The lowest BCUT2D eigenvalue weighted by atomic mass is 10.1. The number of aromatic nitrogens is 2. The molecule has 2 aromatic carbocycles. The Morgan fingerprint density at radius 3 is 2.29 bits per heavy atom. The third-order valence-electron chi connectivity index (χ3n) is 5.14. The minimum absolute atomic E-state index is 0.505. The molecular weight excluding hydrogens is 346 g/mol. The first-order valence-electron chi connectivity index (χ1n) is 9.93. The Kier molecular flexibility index (Phi) is 5.42. The second kappa shape index (κ2) is 8.30. The fourth-order valence-corrected chi connectivity index (χ4v) is 3.59. The molecule has 5 nitrogen and oxygen atoms in total. The van der Waals surface area contributed by atoms with Crippen LogP contribution in [-0.4, -0.2) is 30.1 Å². The Hall–Kier alpha value is -3.08. The molecule has 0 saturated heterocycles. The molecule has 1 aliphatic rings. The zero-order chi connectivity index (χ0) is 19.3. The largest absolute Gasteiger partial charge is 0.378 e. The van der Waals surface area contributed by atoms with E-state index < -0.39 is 0 Å². The Morgan fingerprint density at radius 2 is 1.61 bits per heavy atom. The van der Waals surface area contributed by atoms with Crippen molar-refractivity contribution in [3.05, 3.63) is 60.7 Å². The summed E-state index contributed by atoms with van der Waals surface area (Å²) in [5, 5.41) is 6.97. The quantitative estimate of drug-likeness (QED) is 0.613. The van der Waals surface area contributed by atoms with Gasteiger partial charge >= 0.3 is 0 Å². The third-order valence-corrected chi connectivity index (χ3v) is 5.14. The highest BCUT2D eigenvalue weighted by Crippen LogP contribution is 2.27. The Bertz CT molecular complexity index is 900. The summed E-state index contributed by atoms with van der Waals surface area (Å²) in [6, 6.07) is 21.1. The van der Waals surface area contributed by atoms with Gasteiger partial charge in [-0.1, -0.05) is 43.2 Å². The van der Waals surface area contributed by atoms with Crippen molar-refractivity contribution in [2.45, 2.75) is 31.7 Å². The van der Waals surface area contributed by atoms with Gasteiger partial charge in [-0.3, -0.25) is 0 Å². The average molecular weight is 374 g/mol. The van der Waals surface area contributed by atoms with E-state index in [9.17, 15) is 0 Å². The smallest absolute Gasteiger partial charge is 0.229 e. The normalized spacial score (nSPS) is 14.1. The summed E-state index contributed by atoms with van der Waals surface area (Å²) in [4.78, 5) is 11.6. The van der Waals surface area contributed by atoms with Crippen molar-refractivity contribution < 1.29 is 0 Å². The number of rotatable bonds is 6. The van der Waals surface area contributed by atoms with Crippen LogP contribution in [0.15, 0.2) is 60.7 Å². The molecule has 0 aliphatic heterocycles. The zero-order valence-electron chi connectivity index (χ0n) is 16.5. The number of hydrogen-bond acceptors (Lipinski definition) is 5. The monoisotopic (exact) mass is 373 g/mol. The van der Waals surface area contributed by atoms with E-state index in [0.29, 0.717) is 12.0 Å². The van der Waals surface area contributed by atoms with Crippen molar-refractivity contribution in [1.82, 2.24) is 9.97 Å². The molecule has 144 valence electrons. The van der Waals surface area contributed by atoms with Crippen LogP contribution < -0.4 is 15.5 Å². The van der Waals surface area contributed by atoms with Crippen LogP contribution in [-0.2, 0) is 0 Å². The van der Waals surface area contributed by atoms with Crippen LogP contribution in [0.25, 0.3) is 11.3 Å². The Labute approximate surface area is 166 Å². The first kappa shape index (κ1) is 18.3. The summed E-state index contributed by atoms with van der Waals surface area (Å²) in [6.45, 7) is 0. The van der Waals surface area contributed by atoms with Crippen LogP contribution >= 0.6 is 0 Å². The molecule has 28 heavy (non-hydrogen) atoms. The second-order valence-corrected chi connectivity index (χ2v) is 7.52. The molecule has 5 heteroatoms. The molecule has 1 aliphatic carbocycles. The van der Waals surface area contributed by atoms with E-state index in [-0.39, 0.29) is 0 Å². The molecule has 2 N–H and O–H groups in total. The molecule has 1 aromatic heterocycles. The average Bonchev–Trinajstić information content (AvgIpc) is 3.22. The number of nitrogens with one attached hydrogen (secondary N) is 2. The van der Waals surface area contributed by atoms with Gasteiger partial charge in [-0.2, -0.15) is 4.98 Å². The summed E-state index contributed by atoms with van der Waals surface area (Å²) in [6.07, 6.45) is 4.99. The van der Waals surface area contributed by atoms with Crippen LogP contribution in [0.2, 0.25) is 0 Å². The van der Waals surface area contributed by atoms with E-state index in [4.69, 9.17) is 9.97 Å². The van der Waals surface area contributed by atoms with Gasteiger partial charge in [0.15, 0.2) is 0 Å². The molecule has 0 unspecified atom stereocenters. The van der Waals surface area contributed by atoms with Gasteiger partial charge in [-0.25, -0.2) is 4.98 Å². The maximum Gasteiger partial charge on any atom is 0.229 e.